The Kier molecular flexibility index (Phi) is 3.60. The fourth-order valence-electron chi connectivity index (χ4n) is 1.45. The van der Waals surface area contributed by atoms with Gasteiger partial charge in [-0.3, -0.25) is 0 Å². The number of methoxy groups -OCH3 is 1. The molecule has 0 radical (unpaired) electrons. The van der Waals surface area contributed by atoms with Crippen molar-refractivity contribution < 1.29 is 13.9 Å². The molecule has 0 spiro atoms. The Bertz CT molecular complexity index is 483. The third-order valence-corrected chi connectivity index (χ3v) is 2.40. The van der Waals surface area contributed by atoms with Crippen molar-refractivity contribution in [3.8, 4) is 11.5 Å². The van der Waals surface area contributed by atoms with Crippen LogP contribution < -0.4 is 9.47 Å². The number of benzene rings is 2. The van der Waals surface area contributed by atoms with Crippen LogP contribution in [0.3, 0.4) is 0 Å². The van der Waals surface area contributed by atoms with Crippen molar-refractivity contribution in [3.05, 3.63) is 59.9 Å². The molecule has 0 aliphatic heterocycles. The van der Waals surface area contributed by atoms with Crippen LogP contribution in [0.2, 0.25) is 0 Å². The SMILES string of the molecule is COc1ccc(COc2ccccc2)c(F)c1. The largest absolute Gasteiger partial charge is 0.497 e. The zero-order chi connectivity index (χ0) is 12.1. The molecule has 0 aromatic heterocycles. The Hall–Kier alpha value is -2.03. The molecule has 0 aliphatic carbocycles. The second-order valence-corrected chi connectivity index (χ2v) is 3.56. The Morgan fingerprint density at radius 2 is 1.76 bits per heavy atom. The predicted molar refractivity (Wildman–Crippen MR) is 63.7 cm³/mol. The minimum atomic E-state index is -0.319. The summed E-state index contributed by atoms with van der Waals surface area (Å²) in [7, 11) is 1.51. The van der Waals surface area contributed by atoms with Gasteiger partial charge in [0.1, 0.15) is 23.9 Å². The fourth-order valence-corrected chi connectivity index (χ4v) is 1.45. The normalized spacial score (nSPS) is 10.0. The third kappa shape index (κ3) is 2.97. The molecule has 0 aliphatic rings. The summed E-state index contributed by atoms with van der Waals surface area (Å²) in [5.41, 5.74) is 0.509. The van der Waals surface area contributed by atoms with E-state index in [0.29, 0.717) is 11.3 Å². The third-order valence-electron chi connectivity index (χ3n) is 2.40. The molecule has 2 aromatic rings. The van der Waals surface area contributed by atoms with Gasteiger partial charge >= 0.3 is 0 Å². The van der Waals surface area contributed by atoms with Crippen molar-refractivity contribution in [1.29, 1.82) is 0 Å². The Morgan fingerprint density at radius 1 is 1.00 bits per heavy atom. The molecule has 0 fully saturated rings. The van der Waals surface area contributed by atoms with Gasteiger partial charge in [0.2, 0.25) is 0 Å². The molecule has 2 nitrogen and oxygen atoms in total. The van der Waals surface area contributed by atoms with Gasteiger partial charge in [-0.15, -0.1) is 0 Å². The standard InChI is InChI=1S/C14H13FO2/c1-16-13-8-7-11(14(15)9-13)10-17-12-5-3-2-4-6-12/h2-9H,10H2,1H3. The van der Waals surface area contributed by atoms with Crippen molar-refractivity contribution in [2.45, 2.75) is 6.61 Å². The molecular formula is C14H13FO2. The molecule has 0 heterocycles. The molecule has 2 aromatic carbocycles. The number of halogens is 1. The first-order valence-electron chi connectivity index (χ1n) is 5.30. The van der Waals surface area contributed by atoms with E-state index < -0.39 is 0 Å². The lowest BCUT2D eigenvalue weighted by molar-refractivity contribution is 0.299. The second kappa shape index (κ2) is 5.34. The summed E-state index contributed by atoms with van der Waals surface area (Å²) in [6.45, 7) is 0.208. The average molecular weight is 232 g/mol. The van der Waals surface area contributed by atoms with E-state index in [-0.39, 0.29) is 12.4 Å². The van der Waals surface area contributed by atoms with Crippen molar-refractivity contribution in [2.75, 3.05) is 7.11 Å². The summed E-state index contributed by atoms with van der Waals surface area (Å²) in [5, 5.41) is 0. The number of para-hydroxylation sites is 1. The molecule has 2 rings (SSSR count). The molecule has 0 unspecified atom stereocenters. The second-order valence-electron chi connectivity index (χ2n) is 3.56. The maximum atomic E-state index is 13.6. The monoisotopic (exact) mass is 232 g/mol. The molecule has 17 heavy (non-hydrogen) atoms. The highest BCUT2D eigenvalue weighted by molar-refractivity contribution is 5.29. The maximum Gasteiger partial charge on any atom is 0.133 e. The Morgan fingerprint density at radius 3 is 2.41 bits per heavy atom. The quantitative estimate of drug-likeness (QED) is 0.804. The highest BCUT2D eigenvalue weighted by Gasteiger charge is 2.04. The zero-order valence-corrected chi connectivity index (χ0v) is 9.52. The number of rotatable bonds is 4. The molecule has 0 N–H and O–H groups in total. The van der Waals surface area contributed by atoms with Crippen LogP contribution in [0.4, 0.5) is 4.39 Å². The van der Waals surface area contributed by atoms with E-state index in [1.54, 1.807) is 12.1 Å². The summed E-state index contributed by atoms with van der Waals surface area (Å²) in [6.07, 6.45) is 0. The smallest absolute Gasteiger partial charge is 0.133 e. The maximum absolute atomic E-state index is 13.6. The van der Waals surface area contributed by atoms with E-state index in [1.807, 2.05) is 30.3 Å². The summed E-state index contributed by atoms with van der Waals surface area (Å²) in [5.74, 6) is 0.911. The molecule has 88 valence electrons. The molecule has 0 saturated heterocycles. The van der Waals surface area contributed by atoms with Crippen LogP contribution in [-0.4, -0.2) is 7.11 Å². The van der Waals surface area contributed by atoms with E-state index in [1.165, 1.54) is 13.2 Å². The summed E-state index contributed by atoms with van der Waals surface area (Å²) in [6, 6.07) is 14.1. The zero-order valence-electron chi connectivity index (χ0n) is 9.52. The minimum absolute atomic E-state index is 0.208. The molecule has 0 bridgehead atoms. The number of ether oxygens (including phenoxy) is 2. The molecule has 0 atom stereocenters. The molecule has 3 heteroatoms. The number of hydrogen-bond donors (Lipinski definition) is 0. The van der Waals surface area contributed by atoms with E-state index in [2.05, 4.69) is 0 Å². The first-order valence-corrected chi connectivity index (χ1v) is 5.30. The van der Waals surface area contributed by atoms with E-state index >= 15 is 0 Å². The van der Waals surface area contributed by atoms with Gasteiger partial charge in [-0.2, -0.15) is 0 Å². The minimum Gasteiger partial charge on any atom is -0.497 e. The van der Waals surface area contributed by atoms with Gasteiger partial charge in [0.05, 0.1) is 7.11 Å². The van der Waals surface area contributed by atoms with E-state index in [4.69, 9.17) is 9.47 Å². The average Bonchev–Trinajstić information content (AvgIpc) is 2.38. The predicted octanol–water partition coefficient (Wildman–Crippen LogP) is 3.41. The highest BCUT2D eigenvalue weighted by Crippen LogP contribution is 2.18. The van der Waals surface area contributed by atoms with Crippen LogP contribution in [-0.2, 0) is 6.61 Å². The van der Waals surface area contributed by atoms with Gasteiger partial charge in [0.25, 0.3) is 0 Å². The van der Waals surface area contributed by atoms with Gasteiger partial charge < -0.3 is 9.47 Å². The number of hydrogen-bond acceptors (Lipinski definition) is 2. The summed E-state index contributed by atoms with van der Waals surface area (Å²) >= 11 is 0. The lowest BCUT2D eigenvalue weighted by atomic mass is 10.2. The van der Waals surface area contributed by atoms with Crippen LogP contribution in [0.5, 0.6) is 11.5 Å². The highest BCUT2D eigenvalue weighted by atomic mass is 19.1. The van der Waals surface area contributed by atoms with Gasteiger partial charge in [-0.1, -0.05) is 18.2 Å². The Labute approximate surface area is 99.6 Å². The topological polar surface area (TPSA) is 18.5 Å². The van der Waals surface area contributed by atoms with Crippen LogP contribution in [0.15, 0.2) is 48.5 Å². The van der Waals surface area contributed by atoms with Crippen molar-refractivity contribution >= 4 is 0 Å². The van der Waals surface area contributed by atoms with E-state index in [9.17, 15) is 4.39 Å². The van der Waals surface area contributed by atoms with Crippen LogP contribution in [0.25, 0.3) is 0 Å². The van der Waals surface area contributed by atoms with Crippen molar-refractivity contribution in [1.82, 2.24) is 0 Å². The van der Waals surface area contributed by atoms with Crippen LogP contribution in [0.1, 0.15) is 5.56 Å². The van der Waals surface area contributed by atoms with Gasteiger partial charge in [0, 0.05) is 11.6 Å². The molecular weight excluding hydrogens is 219 g/mol. The van der Waals surface area contributed by atoms with Crippen LogP contribution >= 0.6 is 0 Å². The molecule has 0 amide bonds. The van der Waals surface area contributed by atoms with Gasteiger partial charge in [0.15, 0.2) is 0 Å². The van der Waals surface area contributed by atoms with Crippen molar-refractivity contribution in [2.24, 2.45) is 0 Å². The van der Waals surface area contributed by atoms with Gasteiger partial charge in [-0.05, 0) is 24.3 Å². The summed E-state index contributed by atoms with van der Waals surface area (Å²) < 4.78 is 24.0. The Balaban J connectivity index is 2.04. The first kappa shape index (κ1) is 11.5. The first-order chi connectivity index (χ1) is 8.29. The molecule has 0 saturated carbocycles. The lowest BCUT2D eigenvalue weighted by Gasteiger charge is -2.08. The summed E-state index contributed by atoms with van der Waals surface area (Å²) in [4.78, 5) is 0. The van der Waals surface area contributed by atoms with Crippen molar-refractivity contribution in [3.63, 3.8) is 0 Å². The fraction of sp³-hybridized carbons (Fsp3) is 0.143. The lowest BCUT2D eigenvalue weighted by Crippen LogP contribution is -1.98. The van der Waals surface area contributed by atoms with Gasteiger partial charge in [-0.25, -0.2) is 4.39 Å². The van der Waals surface area contributed by atoms with Crippen LogP contribution in [0, 0.1) is 5.82 Å². The van der Waals surface area contributed by atoms with E-state index in [0.717, 1.165) is 5.75 Å².